The van der Waals surface area contributed by atoms with E-state index in [0.717, 1.165) is 5.92 Å². The highest BCUT2D eigenvalue weighted by molar-refractivity contribution is 4.78. The number of piperidine rings is 1. The highest BCUT2D eigenvalue weighted by Gasteiger charge is 2.26. The minimum absolute atomic E-state index is 0.580. The molecule has 2 aliphatic carbocycles. The molecular formula is C17H31NO. The van der Waals surface area contributed by atoms with Gasteiger partial charge < -0.3 is 9.64 Å². The summed E-state index contributed by atoms with van der Waals surface area (Å²) in [6, 6.07) is 0. The molecule has 0 radical (unpaired) electrons. The summed E-state index contributed by atoms with van der Waals surface area (Å²) >= 11 is 0. The van der Waals surface area contributed by atoms with E-state index in [0.29, 0.717) is 12.2 Å². The lowest BCUT2D eigenvalue weighted by atomic mass is 9.87. The van der Waals surface area contributed by atoms with Gasteiger partial charge >= 0.3 is 0 Å². The number of likely N-dealkylation sites (tertiary alicyclic amines) is 1. The first kappa shape index (κ1) is 13.9. The van der Waals surface area contributed by atoms with Gasteiger partial charge in [0.05, 0.1) is 12.2 Å². The van der Waals surface area contributed by atoms with Gasteiger partial charge in [0.15, 0.2) is 0 Å². The molecule has 0 bridgehead atoms. The van der Waals surface area contributed by atoms with Gasteiger partial charge in [0.2, 0.25) is 0 Å². The quantitative estimate of drug-likeness (QED) is 0.745. The van der Waals surface area contributed by atoms with Crippen molar-refractivity contribution in [3.8, 4) is 0 Å². The predicted octanol–water partition coefficient (Wildman–Crippen LogP) is 3.99. The van der Waals surface area contributed by atoms with Crippen molar-refractivity contribution < 1.29 is 4.74 Å². The van der Waals surface area contributed by atoms with Crippen LogP contribution < -0.4 is 0 Å². The summed E-state index contributed by atoms with van der Waals surface area (Å²) < 4.78 is 6.14. The molecule has 19 heavy (non-hydrogen) atoms. The Morgan fingerprint density at radius 1 is 0.737 bits per heavy atom. The van der Waals surface area contributed by atoms with E-state index < -0.39 is 0 Å². The zero-order valence-electron chi connectivity index (χ0n) is 12.5. The van der Waals surface area contributed by atoms with Gasteiger partial charge in [0, 0.05) is 13.1 Å². The van der Waals surface area contributed by atoms with E-state index in [4.69, 9.17) is 4.74 Å². The smallest absolute Gasteiger partial charge is 0.0603 e. The zero-order valence-corrected chi connectivity index (χ0v) is 12.5. The standard InChI is InChI=1S/C17H31NO/c1-2-5-15(6-3-1)9-12-18-13-10-17(11-14-18)19-16-7-4-8-16/h15-17H,1-14H2. The second-order valence-electron chi connectivity index (χ2n) is 7.02. The molecule has 3 fully saturated rings. The second-order valence-corrected chi connectivity index (χ2v) is 7.02. The van der Waals surface area contributed by atoms with Gasteiger partial charge in [-0.15, -0.1) is 0 Å². The third-order valence-electron chi connectivity index (χ3n) is 5.55. The molecule has 110 valence electrons. The summed E-state index contributed by atoms with van der Waals surface area (Å²) in [4.78, 5) is 2.69. The maximum absolute atomic E-state index is 6.14. The van der Waals surface area contributed by atoms with Crippen LogP contribution >= 0.6 is 0 Å². The molecule has 1 heterocycles. The number of hydrogen-bond acceptors (Lipinski definition) is 2. The topological polar surface area (TPSA) is 12.5 Å². The zero-order chi connectivity index (χ0) is 12.9. The molecule has 0 N–H and O–H groups in total. The fourth-order valence-corrected chi connectivity index (χ4v) is 3.89. The third kappa shape index (κ3) is 4.19. The lowest BCUT2D eigenvalue weighted by Gasteiger charge is -2.37. The fourth-order valence-electron chi connectivity index (χ4n) is 3.89. The van der Waals surface area contributed by atoms with Crippen molar-refractivity contribution in [1.29, 1.82) is 0 Å². The Morgan fingerprint density at radius 3 is 2.05 bits per heavy atom. The van der Waals surface area contributed by atoms with Crippen LogP contribution in [0.15, 0.2) is 0 Å². The van der Waals surface area contributed by atoms with E-state index >= 15 is 0 Å². The van der Waals surface area contributed by atoms with Gasteiger partial charge in [0.25, 0.3) is 0 Å². The van der Waals surface area contributed by atoms with Crippen LogP contribution in [0.5, 0.6) is 0 Å². The molecule has 2 heteroatoms. The predicted molar refractivity (Wildman–Crippen MR) is 79.4 cm³/mol. The van der Waals surface area contributed by atoms with Gasteiger partial charge in [0.1, 0.15) is 0 Å². The first-order valence-electron chi connectivity index (χ1n) is 8.78. The molecule has 1 aliphatic heterocycles. The van der Waals surface area contributed by atoms with Crippen molar-refractivity contribution in [2.45, 2.75) is 82.8 Å². The molecule has 3 aliphatic rings. The van der Waals surface area contributed by atoms with Crippen molar-refractivity contribution >= 4 is 0 Å². The van der Waals surface area contributed by atoms with Crippen LogP contribution in [0.3, 0.4) is 0 Å². The molecule has 0 atom stereocenters. The molecule has 2 nitrogen and oxygen atoms in total. The maximum Gasteiger partial charge on any atom is 0.0603 e. The first-order chi connectivity index (χ1) is 9.40. The second kappa shape index (κ2) is 7.08. The summed E-state index contributed by atoms with van der Waals surface area (Å²) in [6.07, 6.45) is 16.7. The van der Waals surface area contributed by atoms with Crippen LogP contribution in [0.1, 0.15) is 70.6 Å². The minimum atomic E-state index is 0.580. The number of hydrogen-bond donors (Lipinski definition) is 0. The number of rotatable bonds is 5. The summed E-state index contributed by atoms with van der Waals surface area (Å²) in [5.41, 5.74) is 0. The Labute approximate surface area is 118 Å². The van der Waals surface area contributed by atoms with Crippen molar-refractivity contribution in [3.63, 3.8) is 0 Å². The van der Waals surface area contributed by atoms with E-state index in [1.54, 1.807) is 0 Å². The molecule has 1 saturated heterocycles. The molecule has 0 aromatic heterocycles. The Balaban J connectivity index is 1.29. The van der Waals surface area contributed by atoms with E-state index in [1.807, 2.05) is 0 Å². The number of ether oxygens (including phenoxy) is 1. The average molecular weight is 265 g/mol. The van der Waals surface area contributed by atoms with Crippen LogP contribution in [-0.4, -0.2) is 36.7 Å². The normalized spacial score (nSPS) is 28.4. The summed E-state index contributed by atoms with van der Waals surface area (Å²) in [6.45, 7) is 3.91. The lowest BCUT2D eigenvalue weighted by molar-refractivity contribution is -0.0737. The lowest BCUT2D eigenvalue weighted by Crippen LogP contribution is -2.40. The van der Waals surface area contributed by atoms with E-state index in [1.165, 1.54) is 90.3 Å². The molecule has 0 unspecified atom stereocenters. The van der Waals surface area contributed by atoms with Crippen molar-refractivity contribution in [1.82, 2.24) is 4.90 Å². The molecule has 0 aromatic carbocycles. The summed E-state index contributed by atoms with van der Waals surface area (Å²) in [5, 5.41) is 0. The molecule has 0 aromatic rings. The van der Waals surface area contributed by atoms with E-state index in [9.17, 15) is 0 Å². The third-order valence-corrected chi connectivity index (χ3v) is 5.55. The number of nitrogens with zero attached hydrogens (tertiary/aromatic N) is 1. The van der Waals surface area contributed by atoms with E-state index in [-0.39, 0.29) is 0 Å². The Kier molecular flexibility index (Phi) is 5.17. The summed E-state index contributed by atoms with van der Waals surface area (Å²) in [7, 11) is 0. The van der Waals surface area contributed by atoms with Crippen LogP contribution in [0.2, 0.25) is 0 Å². The highest BCUT2D eigenvalue weighted by atomic mass is 16.5. The van der Waals surface area contributed by atoms with Gasteiger partial charge in [-0.1, -0.05) is 32.1 Å². The van der Waals surface area contributed by atoms with Crippen LogP contribution in [0.25, 0.3) is 0 Å². The molecule has 3 rings (SSSR count). The van der Waals surface area contributed by atoms with Crippen molar-refractivity contribution in [2.24, 2.45) is 5.92 Å². The molecule has 0 amide bonds. The molecular weight excluding hydrogens is 234 g/mol. The van der Waals surface area contributed by atoms with Crippen LogP contribution in [-0.2, 0) is 4.74 Å². The van der Waals surface area contributed by atoms with Gasteiger partial charge in [-0.3, -0.25) is 0 Å². The Bertz CT molecular complexity index is 250. The highest BCUT2D eigenvalue weighted by Crippen LogP contribution is 2.28. The SMILES string of the molecule is C1CCC(CCN2CCC(OC3CCC3)CC2)CC1. The van der Waals surface area contributed by atoms with Crippen molar-refractivity contribution in [3.05, 3.63) is 0 Å². The van der Waals surface area contributed by atoms with E-state index in [2.05, 4.69) is 4.90 Å². The molecule has 2 saturated carbocycles. The maximum atomic E-state index is 6.14. The fraction of sp³-hybridized carbons (Fsp3) is 1.00. The Hall–Kier alpha value is -0.0800. The monoisotopic (exact) mass is 265 g/mol. The largest absolute Gasteiger partial charge is 0.375 e. The Morgan fingerprint density at radius 2 is 1.42 bits per heavy atom. The summed E-state index contributed by atoms with van der Waals surface area (Å²) in [5.74, 6) is 1.04. The average Bonchev–Trinajstić information content (AvgIpc) is 2.43. The molecule has 0 spiro atoms. The van der Waals surface area contributed by atoms with Gasteiger partial charge in [-0.2, -0.15) is 0 Å². The minimum Gasteiger partial charge on any atom is -0.375 e. The van der Waals surface area contributed by atoms with Crippen molar-refractivity contribution in [2.75, 3.05) is 19.6 Å². The van der Waals surface area contributed by atoms with Crippen LogP contribution in [0.4, 0.5) is 0 Å². The first-order valence-corrected chi connectivity index (χ1v) is 8.78. The van der Waals surface area contributed by atoms with Gasteiger partial charge in [-0.25, -0.2) is 0 Å². The van der Waals surface area contributed by atoms with Gasteiger partial charge in [-0.05, 0) is 51.0 Å². The van der Waals surface area contributed by atoms with Crippen LogP contribution in [0, 0.1) is 5.92 Å².